The van der Waals surface area contributed by atoms with Crippen LogP contribution in [0.15, 0.2) is 22.8 Å². The SMILES string of the molecule is O=C=C1C=CN=C(Cl)C1Cl.[Pt]. The van der Waals surface area contributed by atoms with Gasteiger partial charge < -0.3 is 0 Å². The molecule has 5 heteroatoms. The average molecular weight is 371 g/mol. The fourth-order valence-electron chi connectivity index (χ4n) is 0.553. The van der Waals surface area contributed by atoms with E-state index < -0.39 is 5.38 Å². The quantitative estimate of drug-likeness (QED) is 0.469. The van der Waals surface area contributed by atoms with Crippen LogP contribution < -0.4 is 0 Å². The van der Waals surface area contributed by atoms with Gasteiger partial charge in [0.1, 0.15) is 16.5 Å². The molecule has 2 nitrogen and oxygen atoms in total. The zero-order chi connectivity index (χ0) is 7.56. The number of alkyl halides is 1. The first kappa shape index (κ1) is 11.1. The molecule has 11 heavy (non-hydrogen) atoms. The number of allylic oxidation sites excluding steroid dienone is 2. The van der Waals surface area contributed by atoms with Gasteiger partial charge in [0.15, 0.2) is 0 Å². The second-order valence-electron chi connectivity index (χ2n) is 1.69. The van der Waals surface area contributed by atoms with Crippen molar-refractivity contribution in [2.24, 2.45) is 4.99 Å². The molecule has 0 radical (unpaired) electrons. The molecule has 0 fully saturated rings. The van der Waals surface area contributed by atoms with Crippen LogP contribution in [0.2, 0.25) is 0 Å². The molecule has 0 N–H and O–H groups in total. The van der Waals surface area contributed by atoms with Crippen molar-refractivity contribution >= 4 is 34.3 Å². The predicted molar refractivity (Wildman–Crippen MR) is 41.3 cm³/mol. The van der Waals surface area contributed by atoms with Crippen molar-refractivity contribution in [2.75, 3.05) is 0 Å². The van der Waals surface area contributed by atoms with E-state index in [0.29, 0.717) is 5.57 Å². The van der Waals surface area contributed by atoms with Crippen LogP contribution in [0.4, 0.5) is 0 Å². The minimum absolute atomic E-state index is 0. The number of hydrogen-bond acceptors (Lipinski definition) is 2. The standard InChI is InChI=1S/C6H3Cl2NO.Pt/c7-5-4(3-10)1-2-9-6(5)8;/h1-2,5H;. The summed E-state index contributed by atoms with van der Waals surface area (Å²) in [5.41, 5.74) is 0.321. The van der Waals surface area contributed by atoms with Crippen molar-refractivity contribution in [1.82, 2.24) is 0 Å². The van der Waals surface area contributed by atoms with Gasteiger partial charge in [0.05, 0.1) is 5.57 Å². The van der Waals surface area contributed by atoms with Gasteiger partial charge in [0.25, 0.3) is 0 Å². The minimum Gasteiger partial charge on any atom is -0.247 e. The number of aliphatic imine (C=N–C) groups is 1. The third kappa shape index (κ3) is 2.57. The summed E-state index contributed by atoms with van der Waals surface area (Å²) in [7, 11) is 0. The summed E-state index contributed by atoms with van der Waals surface area (Å²) >= 11 is 11.1. The Morgan fingerprint density at radius 1 is 1.64 bits per heavy atom. The van der Waals surface area contributed by atoms with E-state index in [9.17, 15) is 4.79 Å². The molecule has 1 unspecified atom stereocenters. The summed E-state index contributed by atoms with van der Waals surface area (Å²) < 4.78 is 0. The zero-order valence-electron chi connectivity index (χ0n) is 5.16. The maximum absolute atomic E-state index is 10.1. The van der Waals surface area contributed by atoms with E-state index in [1.807, 2.05) is 0 Å². The Balaban J connectivity index is 0.000001000. The topological polar surface area (TPSA) is 29.4 Å². The Bertz CT molecular complexity index is 255. The molecule has 0 aromatic carbocycles. The smallest absolute Gasteiger partial charge is 0.130 e. The molecule has 1 aliphatic heterocycles. The Hall–Kier alpha value is 0.128. The maximum Gasteiger partial charge on any atom is 0.130 e. The fraction of sp³-hybridized carbons (Fsp3) is 0.167. The second-order valence-corrected chi connectivity index (χ2v) is 2.51. The van der Waals surface area contributed by atoms with Gasteiger partial charge in [0.2, 0.25) is 0 Å². The first-order valence-corrected chi connectivity index (χ1v) is 3.36. The van der Waals surface area contributed by atoms with E-state index in [1.54, 1.807) is 5.94 Å². The van der Waals surface area contributed by atoms with Gasteiger partial charge in [-0.25, -0.2) is 9.79 Å². The van der Waals surface area contributed by atoms with E-state index >= 15 is 0 Å². The summed E-state index contributed by atoms with van der Waals surface area (Å²) in [6, 6.07) is 0. The van der Waals surface area contributed by atoms with Crippen molar-refractivity contribution < 1.29 is 25.9 Å². The molecule has 0 amide bonds. The predicted octanol–water partition coefficient (Wildman–Crippen LogP) is 1.51. The molecule has 0 saturated heterocycles. The Morgan fingerprint density at radius 3 is 2.73 bits per heavy atom. The molecule has 0 saturated carbocycles. The zero-order valence-corrected chi connectivity index (χ0v) is 8.94. The molecule has 0 bridgehead atoms. The number of hydrogen-bond donors (Lipinski definition) is 0. The second kappa shape index (κ2) is 4.90. The van der Waals surface area contributed by atoms with Gasteiger partial charge in [-0.15, -0.1) is 11.6 Å². The first-order chi connectivity index (χ1) is 4.75. The number of halogens is 2. The maximum atomic E-state index is 10.1. The molecule has 1 rings (SSSR count). The first-order valence-electron chi connectivity index (χ1n) is 2.54. The van der Waals surface area contributed by atoms with Crippen molar-refractivity contribution in [3.63, 3.8) is 0 Å². The Morgan fingerprint density at radius 2 is 2.27 bits per heavy atom. The number of carbonyl (C=O) groups excluding carboxylic acids is 1. The van der Waals surface area contributed by atoms with Crippen molar-refractivity contribution in [2.45, 2.75) is 5.38 Å². The van der Waals surface area contributed by atoms with Crippen molar-refractivity contribution in [1.29, 1.82) is 0 Å². The molecule has 0 aromatic rings. The molecule has 0 aliphatic carbocycles. The monoisotopic (exact) mass is 370 g/mol. The van der Waals surface area contributed by atoms with Crippen molar-refractivity contribution in [3.05, 3.63) is 17.8 Å². The normalized spacial score (nSPS) is 21.8. The largest absolute Gasteiger partial charge is 0.247 e. The van der Waals surface area contributed by atoms with Crippen LogP contribution in [-0.2, 0) is 25.9 Å². The van der Waals surface area contributed by atoms with E-state index in [2.05, 4.69) is 4.99 Å². The molecule has 1 atom stereocenters. The van der Waals surface area contributed by atoms with E-state index in [-0.39, 0.29) is 26.2 Å². The van der Waals surface area contributed by atoms with E-state index in [1.165, 1.54) is 12.3 Å². The molecule has 1 aliphatic rings. The van der Waals surface area contributed by atoms with Gasteiger partial charge in [-0.05, 0) is 6.08 Å². The van der Waals surface area contributed by atoms with Gasteiger partial charge in [-0.1, -0.05) is 11.6 Å². The minimum atomic E-state index is -0.621. The third-order valence-corrected chi connectivity index (χ3v) is 1.92. The van der Waals surface area contributed by atoms with Crippen LogP contribution in [0.5, 0.6) is 0 Å². The van der Waals surface area contributed by atoms with E-state index in [0.717, 1.165) is 0 Å². The molecular weight excluding hydrogens is 368 g/mol. The van der Waals surface area contributed by atoms with Crippen LogP contribution in [0.1, 0.15) is 0 Å². The third-order valence-electron chi connectivity index (χ3n) is 1.05. The fourth-order valence-corrected chi connectivity index (χ4v) is 0.900. The van der Waals surface area contributed by atoms with Crippen molar-refractivity contribution in [3.8, 4) is 0 Å². The summed E-state index contributed by atoms with van der Waals surface area (Å²) in [6.45, 7) is 0. The van der Waals surface area contributed by atoms with Crippen LogP contribution in [0.3, 0.4) is 0 Å². The van der Waals surface area contributed by atoms with Gasteiger partial charge in [-0.2, -0.15) is 0 Å². The Labute approximate surface area is 88.2 Å². The van der Waals surface area contributed by atoms with E-state index in [4.69, 9.17) is 23.2 Å². The summed E-state index contributed by atoms with van der Waals surface area (Å²) in [5.74, 6) is 1.67. The molecule has 62 valence electrons. The van der Waals surface area contributed by atoms with Gasteiger partial charge in [-0.3, -0.25) is 0 Å². The summed E-state index contributed by atoms with van der Waals surface area (Å²) in [5, 5.41) is -0.410. The molecule has 1 heterocycles. The molecular formula is C6H3Cl2NOPt. The average Bonchev–Trinajstić information content (AvgIpc) is 1.95. The van der Waals surface area contributed by atoms with Crippen LogP contribution in [0.25, 0.3) is 0 Å². The van der Waals surface area contributed by atoms with Gasteiger partial charge in [0, 0.05) is 27.3 Å². The number of rotatable bonds is 0. The number of nitrogens with zero attached hydrogens (tertiary/aromatic N) is 1. The molecule has 0 spiro atoms. The van der Waals surface area contributed by atoms with Crippen LogP contribution >= 0.6 is 23.2 Å². The molecule has 0 aromatic heterocycles. The van der Waals surface area contributed by atoms with Crippen LogP contribution in [0, 0.1) is 0 Å². The summed E-state index contributed by atoms with van der Waals surface area (Å²) in [6.07, 6.45) is 2.90. The summed E-state index contributed by atoms with van der Waals surface area (Å²) in [4.78, 5) is 13.8. The van der Waals surface area contributed by atoms with Gasteiger partial charge >= 0.3 is 0 Å². The van der Waals surface area contributed by atoms with Crippen LogP contribution in [-0.4, -0.2) is 16.5 Å². The Kier molecular flexibility index (Phi) is 4.95.